The van der Waals surface area contributed by atoms with Crippen LogP contribution in [0.2, 0.25) is 0 Å². The molecule has 0 unspecified atom stereocenters. The lowest BCUT2D eigenvalue weighted by atomic mass is 10.2. The molecule has 0 aromatic carbocycles. The molecule has 1 aliphatic heterocycles. The van der Waals surface area contributed by atoms with E-state index in [1.54, 1.807) is 0 Å². The van der Waals surface area contributed by atoms with Gasteiger partial charge < -0.3 is 4.90 Å². The second kappa shape index (κ2) is 2.31. The van der Waals surface area contributed by atoms with Crippen LogP contribution in [-0.4, -0.2) is 28.5 Å². The van der Waals surface area contributed by atoms with Crippen LogP contribution >= 0.6 is 22.6 Å². The Bertz CT molecular complexity index is 59.1. The molecule has 7 heavy (non-hydrogen) atoms. The van der Waals surface area contributed by atoms with E-state index in [1.165, 1.54) is 19.6 Å². The van der Waals surface area contributed by atoms with Gasteiger partial charge in [0.15, 0.2) is 0 Å². The smallest absolute Gasteiger partial charge is 0.0364 e. The summed E-state index contributed by atoms with van der Waals surface area (Å²) in [7, 11) is 0. The highest BCUT2D eigenvalue weighted by Gasteiger charge is 2.20. The maximum absolute atomic E-state index is 2.49. The molecule has 0 aromatic heterocycles. The number of nitrogens with zero attached hydrogens (tertiary/aromatic N) is 1. The van der Waals surface area contributed by atoms with Gasteiger partial charge in [0.2, 0.25) is 0 Å². The third-order valence-corrected chi connectivity index (χ3v) is 2.15. The summed E-state index contributed by atoms with van der Waals surface area (Å²) in [6, 6.07) is 0. The SMILES string of the molecule is CCN1CC(I)C1. The molecule has 0 radical (unpaired) electrons. The number of alkyl halides is 1. The average Bonchev–Trinajstić information content (AvgIpc) is 1.58. The van der Waals surface area contributed by atoms with E-state index >= 15 is 0 Å². The lowest BCUT2D eigenvalue weighted by molar-refractivity contribution is 0.209. The van der Waals surface area contributed by atoms with E-state index in [0.29, 0.717) is 0 Å². The summed E-state index contributed by atoms with van der Waals surface area (Å²) in [4.78, 5) is 2.44. The predicted molar refractivity (Wildman–Crippen MR) is 39.9 cm³/mol. The zero-order valence-electron chi connectivity index (χ0n) is 4.52. The van der Waals surface area contributed by atoms with Crippen molar-refractivity contribution in [1.82, 2.24) is 4.90 Å². The van der Waals surface area contributed by atoms with Gasteiger partial charge in [-0.05, 0) is 6.54 Å². The molecule has 0 N–H and O–H groups in total. The van der Waals surface area contributed by atoms with Crippen LogP contribution in [0.15, 0.2) is 0 Å². The second-order valence-corrected chi connectivity index (χ2v) is 3.71. The summed E-state index contributed by atoms with van der Waals surface area (Å²) in [5, 5.41) is 0. The first kappa shape index (κ1) is 5.82. The van der Waals surface area contributed by atoms with Crippen molar-refractivity contribution in [3.63, 3.8) is 0 Å². The molecular weight excluding hydrogens is 201 g/mol. The van der Waals surface area contributed by atoms with Crippen molar-refractivity contribution < 1.29 is 0 Å². The van der Waals surface area contributed by atoms with E-state index in [-0.39, 0.29) is 0 Å². The number of halogens is 1. The van der Waals surface area contributed by atoms with Crippen LogP contribution in [0.25, 0.3) is 0 Å². The fraction of sp³-hybridized carbons (Fsp3) is 1.00. The van der Waals surface area contributed by atoms with Gasteiger partial charge in [0.25, 0.3) is 0 Å². The molecule has 0 amide bonds. The third-order valence-electron chi connectivity index (χ3n) is 1.36. The third kappa shape index (κ3) is 1.29. The van der Waals surface area contributed by atoms with Crippen molar-refractivity contribution in [2.24, 2.45) is 0 Å². The van der Waals surface area contributed by atoms with Crippen molar-refractivity contribution in [2.45, 2.75) is 10.8 Å². The molecule has 1 rings (SSSR count). The van der Waals surface area contributed by atoms with Gasteiger partial charge in [0.05, 0.1) is 0 Å². The van der Waals surface area contributed by atoms with E-state index in [0.717, 1.165) is 3.92 Å². The van der Waals surface area contributed by atoms with Crippen LogP contribution in [0.1, 0.15) is 6.92 Å². The summed E-state index contributed by atoms with van der Waals surface area (Å²) in [6.07, 6.45) is 0. The normalized spacial score (nSPS) is 24.9. The first-order valence-corrected chi connectivity index (χ1v) is 3.94. The highest BCUT2D eigenvalue weighted by molar-refractivity contribution is 14.1. The van der Waals surface area contributed by atoms with Gasteiger partial charge in [-0.1, -0.05) is 29.5 Å². The Morgan fingerprint density at radius 2 is 2.29 bits per heavy atom. The van der Waals surface area contributed by atoms with Gasteiger partial charge in [-0.2, -0.15) is 0 Å². The van der Waals surface area contributed by atoms with Gasteiger partial charge in [-0.25, -0.2) is 0 Å². The topological polar surface area (TPSA) is 3.24 Å². The molecule has 0 atom stereocenters. The molecule has 1 fully saturated rings. The van der Waals surface area contributed by atoms with E-state index in [4.69, 9.17) is 0 Å². The van der Waals surface area contributed by atoms with Gasteiger partial charge in [-0.3, -0.25) is 0 Å². The van der Waals surface area contributed by atoms with Crippen LogP contribution in [-0.2, 0) is 0 Å². The Labute approximate surface area is 58.2 Å². The summed E-state index contributed by atoms with van der Waals surface area (Å²) >= 11 is 2.49. The molecule has 1 nitrogen and oxygen atoms in total. The van der Waals surface area contributed by atoms with Crippen molar-refractivity contribution in [1.29, 1.82) is 0 Å². The van der Waals surface area contributed by atoms with Crippen LogP contribution in [0.3, 0.4) is 0 Å². The maximum atomic E-state index is 2.49. The van der Waals surface area contributed by atoms with Crippen molar-refractivity contribution >= 4 is 22.6 Å². The van der Waals surface area contributed by atoms with Crippen molar-refractivity contribution in [3.05, 3.63) is 0 Å². The number of hydrogen-bond donors (Lipinski definition) is 0. The predicted octanol–water partition coefficient (Wildman–Crippen LogP) is 1.13. The molecule has 42 valence electrons. The standard InChI is InChI=1S/C5H10IN/c1-2-7-3-5(6)4-7/h5H,2-4H2,1H3. The van der Waals surface area contributed by atoms with Gasteiger partial charge >= 0.3 is 0 Å². The molecule has 0 bridgehead atoms. The van der Waals surface area contributed by atoms with Gasteiger partial charge in [0.1, 0.15) is 0 Å². The number of hydrogen-bond acceptors (Lipinski definition) is 1. The van der Waals surface area contributed by atoms with Gasteiger partial charge in [-0.15, -0.1) is 0 Å². The van der Waals surface area contributed by atoms with Crippen LogP contribution in [0, 0.1) is 0 Å². The quantitative estimate of drug-likeness (QED) is 0.464. The summed E-state index contributed by atoms with van der Waals surface area (Å²) in [5.41, 5.74) is 0. The van der Waals surface area contributed by atoms with E-state index < -0.39 is 0 Å². The number of likely N-dealkylation sites (tertiary alicyclic amines) is 1. The first-order chi connectivity index (χ1) is 3.33. The Kier molecular flexibility index (Phi) is 1.92. The minimum Gasteiger partial charge on any atom is -0.301 e. The molecule has 1 heterocycles. The highest BCUT2D eigenvalue weighted by Crippen LogP contribution is 2.14. The van der Waals surface area contributed by atoms with Crippen molar-refractivity contribution in [2.75, 3.05) is 19.6 Å². The van der Waals surface area contributed by atoms with Crippen LogP contribution in [0.4, 0.5) is 0 Å². The van der Waals surface area contributed by atoms with E-state index in [1.807, 2.05) is 0 Å². The maximum Gasteiger partial charge on any atom is 0.0364 e. The summed E-state index contributed by atoms with van der Waals surface area (Å²) in [6.45, 7) is 6.08. The Hall–Kier alpha value is 0.690. The second-order valence-electron chi connectivity index (χ2n) is 1.95. The lowest BCUT2D eigenvalue weighted by Crippen LogP contribution is -2.46. The fourth-order valence-electron chi connectivity index (χ4n) is 0.765. The molecule has 1 saturated heterocycles. The number of rotatable bonds is 1. The molecule has 1 aliphatic rings. The lowest BCUT2D eigenvalue weighted by Gasteiger charge is -2.34. The van der Waals surface area contributed by atoms with E-state index in [2.05, 4.69) is 34.4 Å². The molecule has 0 aliphatic carbocycles. The monoisotopic (exact) mass is 211 g/mol. The molecule has 0 saturated carbocycles. The largest absolute Gasteiger partial charge is 0.301 e. The highest BCUT2D eigenvalue weighted by atomic mass is 127. The zero-order chi connectivity index (χ0) is 5.28. The summed E-state index contributed by atoms with van der Waals surface area (Å²) in [5.74, 6) is 0. The minimum absolute atomic E-state index is 0.942. The first-order valence-electron chi connectivity index (χ1n) is 2.69. The minimum atomic E-state index is 0.942. The van der Waals surface area contributed by atoms with Gasteiger partial charge in [0, 0.05) is 17.0 Å². The van der Waals surface area contributed by atoms with Crippen LogP contribution < -0.4 is 0 Å². The summed E-state index contributed by atoms with van der Waals surface area (Å²) < 4.78 is 0.942. The molecular formula is C5H10IN. The molecule has 0 spiro atoms. The van der Waals surface area contributed by atoms with E-state index in [9.17, 15) is 0 Å². The Balaban J connectivity index is 2.06. The average molecular weight is 211 g/mol. The molecule has 0 aromatic rings. The molecule has 2 heteroatoms. The Morgan fingerprint density at radius 1 is 1.71 bits per heavy atom. The fourth-order valence-corrected chi connectivity index (χ4v) is 1.88. The Morgan fingerprint density at radius 3 is 2.43 bits per heavy atom. The zero-order valence-corrected chi connectivity index (χ0v) is 6.68. The van der Waals surface area contributed by atoms with Crippen molar-refractivity contribution in [3.8, 4) is 0 Å². The van der Waals surface area contributed by atoms with Crippen LogP contribution in [0.5, 0.6) is 0 Å².